The van der Waals surface area contributed by atoms with Gasteiger partial charge in [-0.1, -0.05) is 90.4 Å². The Balaban J connectivity index is 2.93. The van der Waals surface area contributed by atoms with Crippen LogP contribution >= 0.6 is 0 Å². The van der Waals surface area contributed by atoms with Crippen molar-refractivity contribution >= 4 is 0 Å². The van der Waals surface area contributed by atoms with Crippen LogP contribution in [0.15, 0.2) is 0 Å². The molecule has 0 aromatic rings. The molecule has 0 aliphatic heterocycles. The van der Waals surface area contributed by atoms with Gasteiger partial charge in [-0.15, -0.1) is 0 Å². The summed E-state index contributed by atoms with van der Waals surface area (Å²) in [5.41, 5.74) is 0. The molecular formula is C19H41NO. The molecule has 0 aromatic carbocycles. The zero-order valence-corrected chi connectivity index (χ0v) is 14.8. The Labute approximate surface area is 134 Å². The summed E-state index contributed by atoms with van der Waals surface area (Å²) in [6.45, 7) is 5.91. The Morgan fingerprint density at radius 1 is 0.667 bits per heavy atom. The van der Waals surface area contributed by atoms with Gasteiger partial charge in [-0.3, -0.25) is 0 Å². The predicted octanol–water partition coefficient (Wildman–Crippen LogP) is 5.44. The Morgan fingerprint density at radius 2 is 1.05 bits per heavy atom. The average Bonchev–Trinajstić information content (AvgIpc) is 2.46. The number of unbranched alkanes of at least 4 members (excludes halogenated alkanes) is 13. The van der Waals surface area contributed by atoms with Crippen LogP contribution in [0.2, 0.25) is 0 Å². The maximum Gasteiger partial charge on any atom is 0.0636 e. The molecule has 0 saturated heterocycles. The molecule has 0 bridgehead atoms. The van der Waals surface area contributed by atoms with Gasteiger partial charge in [0.15, 0.2) is 0 Å². The third-order valence-corrected chi connectivity index (χ3v) is 4.15. The molecular weight excluding hydrogens is 258 g/mol. The van der Waals surface area contributed by atoms with Crippen LogP contribution in [-0.4, -0.2) is 24.3 Å². The van der Waals surface area contributed by atoms with E-state index in [1.807, 2.05) is 6.92 Å². The first-order chi connectivity index (χ1) is 10.3. The summed E-state index contributed by atoms with van der Waals surface area (Å²) >= 11 is 0. The molecule has 0 amide bonds. The third kappa shape index (κ3) is 19.9. The van der Waals surface area contributed by atoms with Gasteiger partial charge in [-0.25, -0.2) is 0 Å². The number of aliphatic hydroxyl groups excluding tert-OH is 1. The summed E-state index contributed by atoms with van der Waals surface area (Å²) in [5.74, 6) is 0. The molecule has 0 radical (unpaired) electrons. The highest BCUT2D eigenvalue weighted by molar-refractivity contribution is 4.54. The predicted molar refractivity (Wildman–Crippen MR) is 94.9 cm³/mol. The monoisotopic (exact) mass is 299 g/mol. The topological polar surface area (TPSA) is 32.3 Å². The van der Waals surface area contributed by atoms with E-state index in [1.54, 1.807) is 0 Å². The fourth-order valence-corrected chi connectivity index (χ4v) is 2.76. The smallest absolute Gasteiger partial charge is 0.0636 e. The minimum Gasteiger partial charge on any atom is -0.392 e. The van der Waals surface area contributed by atoms with Crippen molar-refractivity contribution in [3.63, 3.8) is 0 Å². The maximum atomic E-state index is 9.11. The lowest BCUT2D eigenvalue weighted by Crippen LogP contribution is -2.25. The molecule has 0 aliphatic carbocycles. The van der Waals surface area contributed by atoms with Crippen molar-refractivity contribution in [2.75, 3.05) is 13.1 Å². The Bertz CT molecular complexity index is 182. The molecule has 21 heavy (non-hydrogen) atoms. The minimum atomic E-state index is -0.211. The van der Waals surface area contributed by atoms with E-state index in [9.17, 15) is 0 Å². The van der Waals surface area contributed by atoms with Crippen molar-refractivity contribution in [3.05, 3.63) is 0 Å². The lowest BCUT2D eigenvalue weighted by Gasteiger charge is -2.06. The zero-order chi connectivity index (χ0) is 15.6. The fraction of sp³-hybridized carbons (Fsp3) is 1.00. The van der Waals surface area contributed by atoms with Crippen LogP contribution < -0.4 is 5.32 Å². The summed E-state index contributed by atoms with van der Waals surface area (Å²) in [6.07, 6.45) is 19.5. The number of aliphatic hydroxyl groups is 1. The van der Waals surface area contributed by atoms with Crippen molar-refractivity contribution in [2.24, 2.45) is 0 Å². The van der Waals surface area contributed by atoms with Gasteiger partial charge in [-0.2, -0.15) is 0 Å². The highest BCUT2D eigenvalue weighted by Gasteiger charge is 1.95. The highest BCUT2D eigenvalue weighted by Crippen LogP contribution is 2.12. The number of rotatable bonds is 17. The van der Waals surface area contributed by atoms with Gasteiger partial charge < -0.3 is 10.4 Å². The quantitative estimate of drug-likeness (QED) is 0.351. The van der Waals surface area contributed by atoms with E-state index in [2.05, 4.69) is 12.2 Å². The Hall–Kier alpha value is -0.0800. The molecule has 0 rings (SSSR count). The summed E-state index contributed by atoms with van der Waals surface area (Å²) < 4.78 is 0. The first-order valence-corrected chi connectivity index (χ1v) is 9.66. The first-order valence-electron chi connectivity index (χ1n) is 9.66. The van der Waals surface area contributed by atoms with E-state index in [1.165, 1.54) is 89.9 Å². The standard InChI is InChI=1S/C19H41NO/c1-3-4-5-6-7-8-9-10-11-12-13-14-15-16-17-20-18-19(2)21/h19-21H,3-18H2,1-2H3. The van der Waals surface area contributed by atoms with Crippen molar-refractivity contribution < 1.29 is 5.11 Å². The van der Waals surface area contributed by atoms with Gasteiger partial charge in [0.2, 0.25) is 0 Å². The van der Waals surface area contributed by atoms with Gasteiger partial charge in [-0.05, 0) is 19.9 Å². The Kier molecular flexibility index (Phi) is 17.9. The maximum absolute atomic E-state index is 9.11. The molecule has 0 aliphatic rings. The molecule has 2 nitrogen and oxygen atoms in total. The zero-order valence-electron chi connectivity index (χ0n) is 14.8. The number of nitrogens with one attached hydrogen (secondary N) is 1. The summed E-state index contributed by atoms with van der Waals surface area (Å²) in [4.78, 5) is 0. The van der Waals surface area contributed by atoms with Gasteiger partial charge in [0.05, 0.1) is 6.10 Å². The molecule has 2 heteroatoms. The van der Waals surface area contributed by atoms with Crippen molar-refractivity contribution in [1.29, 1.82) is 0 Å². The van der Waals surface area contributed by atoms with E-state index in [-0.39, 0.29) is 6.10 Å². The number of hydrogen-bond donors (Lipinski definition) is 2. The second kappa shape index (κ2) is 18.0. The average molecular weight is 300 g/mol. The van der Waals surface area contributed by atoms with E-state index >= 15 is 0 Å². The SMILES string of the molecule is CCCCCCCCCCCCCCCCNCC(C)O. The summed E-state index contributed by atoms with van der Waals surface area (Å²) in [5, 5.41) is 12.4. The van der Waals surface area contributed by atoms with E-state index < -0.39 is 0 Å². The van der Waals surface area contributed by atoms with Crippen LogP contribution in [0.25, 0.3) is 0 Å². The van der Waals surface area contributed by atoms with Crippen molar-refractivity contribution in [1.82, 2.24) is 5.32 Å². The van der Waals surface area contributed by atoms with E-state index in [0.29, 0.717) is 0 Å². The lowest BCUT2D eigenvalue weighted by atomic mass is 10.0. The summed E-state index contributed by atoms with van der Waals surface area (Å²) in [7, 11) is 0. The summed E-state index contributed by atoms with van der Waals surface area (Å²) in [6, 6.07) is 0. The van der Waals surface area contributed by atoms with Crippen LogP contribution in [0, 0.1) is 0 Å². The molecule has 2 N–H and O–H groups in total. The lowest BCUT2D eigenvalue weighted by molar-refractivity contribution is 0.191. The van der Waals surface area contributed by atoms with Gasteiger partial charge >= 0.3 is 0 Å². The van der Waals surface area contributed by atoms with E-state index in [4.69, 9.17) is 5.11 Å². The molecule has 0 spiro atoms. The van der Waals surface area contributed by atoms with Crippen molar-refractivity contribution in [2.45, 2.75) is 110 Å². The van der Waals surface area contributed by atoms with Crippen LogP contribution in [-0.2, 0) is 0 Å². The molecule has 128 valence electrons. The number of hydrogen-bond acceptors (Lipinski definition) is 2. The molecule has 1 atom stereocenters. The first kappa shape index (κ1) is 20.9. The normalized spacial score (nSPS) is 12.7. The minimum absolute atomic E-state index is 0.211. The second-order valence-electron chi connectivity index (χ2n) is 6.65. The van der Waals surface area contributed by atoms with Gasteiger partial charge in [0.25, 0.3) is 0 Å². The van der Waals surface area contributed by atoms with Crippen LogP contribution in [0.3, 0.4) is 0 Å². The fourth-order valence-electron chi connectivity index (χ4n) is 2.76. The van der Waals surface area contributed by atoms with Crippen LogP contribution in [0.1, 0.15) is 104 Å². The van der Waals surface area contributed by atoms with Gasteiger partial charge in [0, 0.05) is 6.54 Å². The van der Waals surface area contributed by atoms with E-state index in [0.717, 1.165) is 13.1 Å². The molecule has 0 fully saturated rings. The van der Waals surface area contributed by atoms with Crippen LogP contribution in [0.4, 0.5) is 0 Å². The molecule has 1 unspecified atom stereocenters. The third-order valence-electron chi connectivity index (χ3n) is 4.15. The van der Waals surface area contributed by atoms with Crippen LogP contribution in [0.5, 0.6) is 0 Å². The Morgan fingerprint density at radius 3 is 1.43 bits per heavy atom. The highest BCUT2D eigenvalue weighted by atomic mass is 16.3. The van der Waals surface area contributed by atoms with Gasteiger partial charge in [0.1, 0.15) is 0 Å². The molecule has 0 saturated carbocycles. The molecule has 0 aromatic heterocycles. The second-order valence-corrected chi connectivity index (χ2v) is 6.65. The largest absolute Gasteiger partial charge is 0.392 e. The molecule has 0 heterocycles. The van der Waals surface area contributed by atoms with Crippen molar-refractivity contribution in [3.8, 4) is 0 Å².